The van der Waals surface area contributed by atoms with Crippen LogP contribution in [0, 0.1) is 6.92 Å². The van der Waals surface area contributed by atoms with Gasteiger partial charge in [-0.15, -0.1) is 0 Å². The van der Waals surface area contributed by atoms with Gasteiger partial charge in [-0.25, -0.2) is 8.42 Å². The Hall–Kier alpha value is -3.32. The summed E-state index contributed by atoms with van der Waals surface area (Å²) < 4.78 is 33.6. The van der Waals surface area contributed by atoms with Crippen molar-refractivity contribution in [2.45, 2.75) is 44.6 Å². The second-order valence-corrected chi connectivity index (χ2v) is 10.2. The number of benzene rings is 3. The number of hydrogen-bond donors (Lipinski definition) is 1. The molecule has 3 aromatic rings. The summed E-state index contributed by atoms with van der Waals surface area (Å²) in [5.41, 5.74) is 2.42. The van der Waals surface area contributed by atoms with Crippen molar-refractivity contribution in [2.24, 2.45) is 0 Å². The number of para-hydroxylation sites is 1. The van der Waals surface area contributed by atoms with E-state index >= 15 is 0 Å². The second-order valence-electron chi connectivity index (χ2n) is 8.38. The molecule has 3 aromatic carbocycles. The fourth-order valence-corrected chi connectivity index (χ4v) is 5.08. The number of aryl methyl sites for hydroxylation is 2. The van der Waals surface area contributed by atoms with E-state index in [1.165, 1.54) is 16.4 Å². The standard InChI is InChI=1S/C27H32N2O4S/c1-21(2)33-24-17-15-23(16-18-24)11-9-19-28-27(30)20-29(26-14-8-7-10-22(26)3)34(31,32)25-12-5-4-6-13-25/h4-8,10,12-18,21H,9,11,19-20H2,1-3H3,(H,28,30). The number of nitrogens with zero attached hydrogens (tertiary/aromatic N) is 1. The summed E-state index contributed by atoms with van der Waals surface area (Å²) in [5, 5.41) is 2.86. The average molecular weight is 481 g/mol. The van der Waals surface area contributed by atoms with Gasteiger partial charge in [0.25, 0.3) is 10.0 Å². The highest BCUT2D eigenvalue weighted by molar-refractivity contribution is 7.92. The molecular formula is C27H32N2O4S. The van der Waals surface area contributed by atoms with Crippen molar-refractivity contribution in [3.63, 3.8) is 0 Å². The lowest BCUT2D eigenvalue weighted by Crippen LogP contribution is -2.41. The minimum atomic E-state index is -3.90. The minimum absolute atomic E-state index is 0.131. The van der Waals surface area contributed by atoms with E-state index in [0.29, 0.717) is 12.2 Å². The molecule has 0 aliphatic rings. The van der Waals surface area contributed by atoms with Gasteiger partial charge in [-0.1, -0.05) is 48.5 Å². The summed E-state index contributed by atoms with van der Waals surface area (Å²) in [6.07, 6.45) is 1.67. The maximum absolute atomic E-state index is 13.4. The van der Waals surface area contributed by atoms with Gasteiger partial charge in [0.2, 0.25) is 5.91 Å². The Labute approximate surface area is 202 Å². The Morgan fingerprint density at radius 2 is 1.59 bits per heavy atom. The van der Waals surface area contributed by atoms with Crippen LogP contribution in [0.3, 0.4) is 0 Å². The number of amides is 1. The largest absolute Gasteiger partial charge is 0.491 e. The van der Waals surface area contributed by atoms with Crippen LogP contribution in [-0.4, -0.2) is 33.5 Å². The number of carbonyl (C=O) groups is 1. The first-order chi connectivity index (χ1) is 16.3. The quantitative estimate of drug-likeness (QED) is 0.403. The fraction of sp³-hybridized carbons (Fsp3) is 0.296. The molecule has 1 N–H and O–H groups in total. The molecule has 0 aromatic heterocycles. The normalized spacial score (nSPS) is 11.3. The van der Waals surface area contributed by atoms with Crippen LogP contribution in [0.25, 0.3) is 0 Å². The van der Waals surface area contributed by atoms with Crippen molar-refractivity contribution in [3.8, 4) is 5.75 Å². The summed E-state index contributed by atoms with van der Waals surface area (Å²) in [7, 11) is -3.90. The number of hydrogen-bond acceptors (Lipinski definition) is 4. The third-order valence-corrected chi connectivity index (χ3v) is 7.04. The molecule has 34 heavy (non-hydrogen) atoms. The summed E-state index contributed by atoms with van der Waals surface area (Å²) in [6.45, 7) is 5.97. The molecule has 7 heteroatoms. The van der Waals surface area contributed by atoms with Crippen molar-refractivity contribution in [3.05, 3.63) is 90.0 Å². The lowest BCUT2D eigenvalue weighted by Gasteiger charge is -2.25. The predicted molar refractivity (Wildman–Crippen MR) is 136 cm³/mol. The zero-order chi connectivity index (χ0) is 24.6. The van der Waals surface area contributed by atoms with E-state index in [4.69, 9.17) is 4.74 Å². The van der Waals surface area contributed by atoms with E-state index in [-0.39, 0.29) is 23.5 Å². The lowest BCUT2D eigenvalue weighted by atomic mass is 10.1. The van der Waals surface area contributed by atoms with Crippen molar-refractivity contribution in [2.75, 3.05) is 17.4 Å². The molecule has 0 fully saturated rings. The molecule has 0 saturated heterocycles. The van der Waals surface area contributed by atoms with E-state index in [1.54, 1.807) is 30.3 Å². The zero-order valence-electron chi connectivity index (χ0n) is 19.9. The molecule has 0 spiro atoms. The highest BCUT2D eigenvalue weighted by Crippen LogP contribution is 2.26. The van der Waals surface area contributed by atoms with Crippen molar-refractivity contribution in [1.82, 2.24) is 5.32 Å². The van der Waals surface area contributed by atoms with Crippen LogP contribution < -0.4 is 14.4 Å². The molecule has 0 atom stereocenters. The summed E-state index contributed by atoms with van der Waals surface area (Å²) >= 11 is 0. The van der Waals surface area contributed by atoms with E-state index < -0.39 is 10.0 Å². The van der Waals surface area contributed by atoms with Crippen molar-refractivity contribution >= 4 is 21.6 Å². The highest BCUT2D eigenvalue weighted by atomic mass is 32.2. The smallest absolute Gasteiger partial charge is 0.264 e. The molecule has 1 amide bonds. The molecule has 6 nitrogen and oxygen atoms in total. The zero-order valence-corrected chi connectivity index (χ0v) is 20.7. The van der Waals surface area contributed by atoms with Gasteiger partial charge in [-0.05, 0) is 75.1 Å². The van der Waals surface area contributed by atoms with Gasteiger partial charge in [0.1, 0.15) is 12.3 Å². The monoisotopic (exact) mass is 480 g/mol. The second kappa shape index (κ2) is 11.7. The Morgan fingerprint density at radius 3 is 2.24 bits per heavy atom. The molecule has 0 aliphatic carbocycles. The van der Waals surface area contributed by atoms with Gasteiger partial charge in [-0.2, -0.15) is 0 Å². The van der Waals surface area contributed by atoms with Crippen LogP contribution in [0.5, 0.6) is 5.75 Å². The Morgan fingerprint density at radius 1 is 0.941 bits per heavy atom. The molecule has 3 rings (SSSR count). The molecule has 180 valence electrons. The maximum atomic E-state index is 13.4. The van der Waals surface area contributed by atoms with Gasteiger partial charge in [0.15, 0.2) is 0 Å². The van der Waals surface area contributed by atoms with E-state index in [9.17, 15) is 13.2 Å². The third kappa shape index (κ3) is 6.84. The molecule has 0 aliphatic heterocycles. The first-order valence-corrected chi connectivity index (χ1v) is 12.9. The predicted octanol–water partition coefficient (Wildman–Crippen LogP) is 4.73. The van der Waals surface area contributed by atoms with Crippen molar-refractivity contribution in [1.29, 1.82) is 0 Å². The average Bonchev–Trinajstić information content (AvgIpc) is 2.82. The number of anilines is 1. The molecule has 0 unspecified atom stereocenters. The first-order valence-electron chi connectivity index (χ1n) is 11.4. The van der Waals surface area contributed by atoms with Gasteiger partial charge < -0.3 is 10.1 Å². The molecule has 0 radical (unpaired) electrons. The van der Waals surface area contributed by atoms with Crippen LogP contribution in [0.4, 0.5) is 5.69 Å². The van der Waals surface area contributed by atoms with Gasteiger partial charge in [-0.3, -0.25) is 9.10 Å². The molecule has 0 heterocycles. The SMILES string of the molecule is Cc1ccccc1N(CC(=O)NCCCc1ccc(OC(C)C)cc1)S(=O)(=O)c1ccccc1. The van der Waals surface area contributed by atoms with Crippen LogP contribution in [0.1, 0.15) is 31.4 Å². The number of rotatable bonds is 11. The van der Waals surface area contributed by atoms with Crippen LogP contribution in [-0.2, 0) is 21.2 Å². The van der Waals surface area contributed by atoms with Gasteiger partial charge >= 0.3 is 0 Å². The Balaban J connectivity index is 1.62. The van der Waals surface area contributed by atoms with Crippen LogP contribution in [0.15, 0.2) is 83.8 Å². The first kappa shape index (κ1) is 25.3. The maximum Gasteiger partial charge on any atom is 0.264 e. The van der Waals surface area contributed by atoms with Crippen LogP contribution in [0.2, 0.25) is 0 Å². The van der Waals surface area contributed by atoms with E-state index in [1.807, 2.05) is 57.2 Å². The van der Waals surface area contributed by atoms with Crippen molar-refractivity contribution < 1.29 is 17.9 Å². The van der Waals surface area contributed by atoms with Gasteiger partial charge in [0.05, 0.1) is 16.7 Å². The molecule has 0 saturated carbocycles. The Kier molecular flexibility index (Phi) is 8.71. The Bertz CT molecular complexity index is 1180. The lowest BCUT2D eigenvalue weighted by molar-refractivity contribution is -0.119. The topological polar surface area (TPSA) is 75.7 Å². The number of ether oxygens (including phenoxy) is 1. The molecular weight excluding hydrogens is 448 g/mol. The number of carbonyl (C=O) groups excluding carboxylic acids is 1. The summed E-state index contributed by atoms with van der Waals surface area (Å²) in [6, 6.07) is 23.3. The summed E-state index contributed by atoms with van der Waals surface area (Å²) in [4.78, 5) is 12.9. The highest BCUT2D eigenvalue weighted by Gasteiger charge is 2.27. The van der Waals surface area contributed by atoms with Gasteiger partial charge in [0, 0.05) is 6.54 Å². The van der Waals surface area contributed by atoms with E-state index in [0.717, 1.165) is 29.7 Å². The number of nitrogens with one attached hydrogen (secondary N) is 1. The van der Waals surface area contributed by atoms with E-state index in [2.05, 4.69) is 5.32 Å². The third-order valence-electron chi connectivity index (χ3n) is 5.26. The summed E-state index contributed by atoms with van der Waals surface area (Å²) in [5.74, 6) is 0.492. The number of sulfonamides is 1. The molecule has 0 bridgehead atoms. The van der Waals surface area contributed by atoms with Crippen LogP contribution >= 0.6 is 0 Å². The minimum Gasteiger partial charge on any atom is -0.491 e. The fourth-order valence-electron chi connectivity index (χ4n) is 3.58.